The quantitative estimate of drug-likeness (QED) is 0.767. The molecule has 0 aliphatic heterocycles. The highest BCUT2D eigenvalue weighted by atomic mass is 16.5. The number of imide groups is 1. The summed E-state index contributed by atoms with van der Waals surface area (Å²) in [7, 11) is 0. The number of primary amides is 1. The number of rotatable bonds is 6. The topological polar surface area (TPSA) is 108 Å². The average Bonchev–Trinajstić information content (AvgIpc) is 2.44. The Morgan fingerprint density at radius 1 is 1.24 bits per heavy atom. The van der Waals surface area contributed by atoms with Gasteiger partial charge in [-0.1, -0.05) is 6.92 Å². The molecule has 0 fully saturated rings. The summed E-state index contributed by atoms with van der Waals surface area (Å²) in [4.78, 5) is 33.7. The predicted molar refractivity (Wildman–Crippen MR) is 74.8 cm³/mol. The van der Waals surface area contributed by atoms with Crippen LogP contribution in [-0.2, 0) is 9.53 Å². The number of carbonyl (C=O) groups is 3. The van der Waals surface area contributed by atoms with Crippen molar-refractivity contribution >= 4 is 17.9 Å². The predicted octanol–water partition coefficient (Wildman–Crippen LogP) is 1.22. The maximum atomic E-state index is 11.8. The van der Waals surface area contributed by atoms with Crippen molar-refractivity contribution in [1.29, 1.82) is 0 Å². The van der Waals surface area contributed by atoms with Crippen molar-refractivity contribution in [2.45, 2.75) is 26.4 Å². The largest absolute Gasteiger partial charge is 0.494 e. The van der Waals surface area contributed by atoms with E-state index in [4.69, 9.17) is 15.2 Å². The number of nitrogens with two attached hydrogens (primary N) is 1. The summed E-state index contributed by atoms with van der Waals surface area (Å²) in [6.45, 7) is 3.92. The number of carbonyl (C=O) groups excluding carboxylic acids is 3. The van der Waals surface area contributed by atoms with Crippen LogP contribution in [0.25, 0.3) is 0 Å². The van der Waals surface area contributed by atoms with E-state index >= 15 is 0 Å². The Morgan fingerprint density at radius 3 is 2.38 bits per heavy atom. The van der Waals surface area contributed by atoms with E-state index in [1.807, 2.05) is 12.2 Å². The highest BCUT2D eigenvalue weighted by molar-refractivity contribution is 5.98. The van der Waals surface area contributed by atoms with Crippen LogP contribution in [0.2, 0.25) is 0 Å². The van der Waals surface area contributed by atoms with Gasteiger partial charge in [-0.15, -0.1) is 0 Å². The first kappa shape index (κ1) is 16.5. The fourth-order valence-corrected chi connectivity index (χ4v) is 1.41. The minimum absolute atomic E-state index is 0.276. The molecule has 0 aliphatic carbocycles. The second-order valence-electron chi connectivity index (χ2n) is 4.27. The molecule has 0 bridgehead atoms. The minimum atomic E-state index is -1.12. The fraction of sp³-hybridized carbons (Fsp3) is 0.357. The Morgan fingerprint density at radius 2 is 1.86 bits per heavy atom. The molecule has 1 aromatic rings. The summed E-state index contributed by atoms with van der Waals surface area (Å²) in [5, 5.41) is 1.83. The van der Waals surface area contributed by atoms with Crippen LogP contribution in [0.3, 0.4) is 0 Å². The van der Waals surface area contributed by atoms with Crippen LogP contribution in [0, 0.1) is 0 Å². The summed E-state index contributed by atoms with van der Waals surface area (Å²) >= 11 is 0. The highest BCUT2D eigenvalue weighted by Gasteiger charge is 2.19. The van der Waals surface area contributed by atoms with Gasteiger partial charge in [0.1, 0.15) is 5.75 Å². The van der Waals surface area contributed by atoms with E-state index in [1.165, 1.54) is 19.1 Å². The lowest BCUT2D eigenvalue weighted by Gasteiger charge is -2.12. The highest BCUT2D eigenvalue weighted by Crippen LogP contribution is 2.13. The first-order valence-electron chi connectivity index (χ1n) is 6.48. The zero-order valence-electron chi connectivity index (χ0n) is 11.9. The molecule has 0 unspecified atom stereocenters. The molecule has 114 valence electrons. The number of ether oxygens (including phenoxy) is 2. The first-order valence-corrected chi connectivity index (χ1v) is 6.48. The maximum Gasteiger partial charge on any atom is 0.338 e. The second-order valence-corrected chi connectivity index (χ2v) is 4.27. The van der Waals surface area contributed by atoms with E-state index in [-0.39, 0.29) is 5.56 Å². The fourth-order valence-electron chi connectivity index (χ4n) is 1.41. The molecule has 3 amide bonds. The van der Waals surface area contributed by atoms with Crippen molar-refractivity contribution in [1.82, 2.24) is 5.32 Å². The van der Waals surface area contributed by atoms with Crippen molar-refractivity contribution in [2.24, 2.45) is 5.73 Å². The molecule has 0 saturated heterocycles. The van der Waals surface area contributed by atoms with E-state index in [0.717, 1.165) is 6.42 Å². The molecule has 21 heavy (non-hydrogen) atoms. The van der Waals surface area contributed by atoms with Crippen LogP contribution >= 0.6 is 0 Å². The van der Waals surface area contributed by atoms with Gasteiger partial charge in [0.05, 0.1) is 12.2 Å². The summed E-state index contributed by atoms with van der Waals surface area (Å²) < 4.78 is 10.3. The SMILES string of the molecule is CCCOc1ccc(C(=O)O[C@@H](C)C(=O)NC(N)=O)cc1. The molecule has 0 saturated carbocycles. The van der Waals surface area contributed by atoms with Crippen LogP contribution in [-0.4, -0.2) is 30.6 Å². The zero-order chi connectivity index (χ0) is 15.8. The van der Waals surface area contributed by atoms with E-state index in [0.29, 0.717) is 12.4 Å². The van der Waals surface area contributed by atoms with Crippen molar-refractivity contribution in [2.75, 3.05) is 6.61 Å². The van der Waals surface area contributed by atoms with Gasteiger partial charge in [-0.2, -0.15) is 0 Å². The van der Waals surface area contributed by atoms with Gasteiger partial charge >= 0.3 is 12.0 Å². The molecule has 7 heteroatoms. The number of esters is 1. The summed E-state index contributed by atoms with van der Waals surface area (Å²) in [5.74, 6) is -0.809. The standard InChI is InChI=1S/C14H18N2O5/c1-3-8-20-11-6-4-10(5-7-11)13(18)21-9(2)12(17)16-14(15)19/h4-7,9H,3,8H2,1-2H3,(H3,15,16,17,19)/t9-/m0/s1. The summed E-state index contributed by atoms with van der Waals surface area (Å²) in [5.41, 5.74) is 5.08. The van der Waals surface area contributed by atoms with E-state index in [2.05, 4.69) is 0 Å². The van der Waals surface area contributed by atoms with E-state index in [9.17, 15) is 14.4 Å². The normalized spacial score (nSPS) is 11.3. The minimum Gasteiger partial charge on any atom is -0.494 e. The Kier molecular flexibility index (Phi) is 6.19. The van der Waals surface area contributed by atoms with Crippen LogP contribution < -0.4 is 15.8 Å². The summed E-state index contributed by atoms with van der Waals surface area (Å²) in [6, 6.07) is 5.35. The molecule has 1 atom stereocenters. The number of amides is 3. The number of benzene rings is 1. The van der Waals surface area contributed by atoms with Gasteiger partial charge in [0.2, 0.25) is 0 Å². The molecular formula is C14H18N2O5. The molecule has 1 aromatic carbocycles. The third-order valence-corrected chi connectivity index (χ3v) is 2.46. The Labute approximate surface area is 122 Å². The molecule has 0 radical (unpaired) electrons. The molecule has 0 spiro atoms. The number of nitrogens with one attached hydrogen (secondary N) is 1. The zero-order valence-corrected chi connectivity index (χ0v) is 11.9. The third kappa shape index (κ3) is 5.52. The summed E-state index contributed by atoms with van der Waals surface area (Å²) in [6.07, 6.45) is -0.239. The molecule has 0 heterocycles. The van der Waals surface area contributed by atoms with E-state index < -0.39 is 24.0 Å². The monoisotopic (exact) mass is 294 g/mol. The van der Waals surface area contributed by atoms with Crippen molar-refractivity contribution in [3.05, 3.63) is 29.8 Å². The van der Waals surface area contributed by atoms with Crippen LogP contribution in [0.15, 0.2) is 24.3 Å². The maximum absolute atomic E-state index is 11.8. The van der Waals surface area contributed by atoms with Gasteiger partial charge in [-0.3, -0.25) is 10.1 Å². The lowest BCUT2D eigenvalue weighted by molar-refractivity contribution is -0.127. The molecular weight excluding hydrogens is 276 g/mol. The van der Waals surface area contributed by atoms with Crippen LogP contribution in [0.1, 0.15) is 30.6 Å². The molecule has 0 aliphatic rings. The van der Waals surface area contributed by atoms with Crippen molar-refractivity contribution in [3.63, 3.8) is 0 Å². The van der Waals surface area contributed by atoms with E-state index in [1.54, 1.807) is 12.1 Å². The number of hydrogen-bond acceptors (Lipinski definition) is 5. The second kappa shape index (κ2) is 7.88. The van der Waals surface area contributed by atoms with Crippen molar-refractivity contribution < 1.29 is 23.9 Å². The smallest absolute Gasteiger partial charge is 0.338 e. The van der Waals surface area contributed by atoms with Gasteiger partial charge in [0.15, 0.2) is 6.10 Å². The molecule has 7 nitrogen and oxygen atoms in total. The van der Waals surface area contributed by atoms with Gasteiger partial charge in [0.25, 0.3) is 5.91 Å². The average molecular weight is 294 g/mol. The molecule has 0 aromatic heterocycles. The molecule has 1 rings (SSSR count). The van der Waals surface area contributed by atoms with Gasteiger partial charge < -0.3 is 15.2 Å². The van der Waals surface area contributed by atoms with Crippen LogP contribution in [0.4, 0.5) is 4.79 Å². The number of urea groups is 1. The lowest BCUT2D eigenvalue weighted by atomic mass is 10.2. The van der Waals surface area contributed by atoms with Crippen molar-refractivity contribution in [3.8, 4) is 5.75 Å². The lowest BCUT2D eigenvalue weighted by Crippen LogP contribution is -2.42. The number of hydrogen-bond donors (Lipinski definition) is 2. The van der Waals surface area contributed by atoms with Gasteiger partial charge in [-0.05, 0) is 37.6 Å². The van der Waals surface area contributed by atoms with Gasteiger partial charge in [0, 0.05) is 0 Å². The van der Waals surface area contributed by atoms with Gasteiger partial charge in [-0.25, -0.2) is 9.59 Å². The third-order valence-electron chi connectivity index (χ3n) is 2.46. The van der Waals surface area contributed by atoms with Crippen LogP contribution in [0.5, 0.6) is 5.75 Å². The molecule has 3 N–H and O–H groups in total. The first-order chi connectivity index (χ1) is 9.93. The Hall–Kier alpha value is -2.57. The Balaban J connectivity index is 2.58. The Bertz CT molecular complexity index is 513.